The number of nitrogens with one attached hydrogen (secondary N) is 3. The first kappa shape index (κ1) is 21.5. The lowest BCUT2D eigenvalue weighted by Gasteiger charge is -2.19. The third-order valence-corrected chi connectivity index (χ3v) is 3.49. The normalized spacial score (nSPS) is 13.0. The third kappa shape index (κ3) is 7.58. The van der Waals surface area contributed by atoms with Crippen LogP contribution < -0.4 is 16.0 Å². The van der Waals surface area contributed by atoms with Crippen molar-refractivity contribution in [1.29, 1.82) is 0 Å². The first-order chi connectivity index (χ1) is 12.1. The molecule has 0 saturated heterocycles. The Morgan fingerprint density at radius 2 is 1.42 bits per heavy atom. The van der Waals surface area contributed by atoms with Crippen LogP contribution in [-0.2, 0) is 20.8 Å². The van der Waals surface area contributed by atoms with Gasteiger partial charge in [-0.2, -0.15) is 0 Å². The molecule has 6 nitrogen and oxygen atoms in total. The second-order valence-corrected chi connectivity index (χ2v) is 6.61. The first-order valence-electron chi connectivity index (χ1n) is 8.41. The van der Waals surface area contributed by atoms with E-state index in [4.69, 9.17) is 0 Å². The fraction of sp³-hybridized carbons (Fsp3) is 0.500. The van der Waals surface area contributed by atoms with Gasteiger partial charge in [-0.1, -0.05) is 13.8 Å². The molecule has 2 atom stereocenters. The molecule has 144 valence electrons. The van der Waals surface area contributed by atoms with Crippen LogP contribution in [-0.4, -0.2) is 36.3 Å². The molecule has 1 rings (SSSR count). The Balaban J connectivity index is 2.50. The van der Waals surface area contributed by atoms with Crippen molar-refractivity contribution >= 4 is 17.7 Å². The zero-order chi connectivity index (χ0) is 19.9. The Kier molecular flexibility index (Phi) is 8.15. The SMILES string of the molecule is CC(C)CNC(=O)[C@H](C)NC(=O)[C@H](C)NC(=O)Cc1cc(F)cc(F)c1. The van der Waals surface area contributed by atoms with E-state index in [9.17, 15) is 23.2 Å². The maximum Gasteiger partial charge on any atom is 0.242 e. The molecule has 0 saturated carbocycles. The van der Waals surface area contributed by atoms with Gasteiger partial charge in [0.2, 0.25) is 17.7 Å². The Labute approximate surface area is 151 Å². The van der Waals surface area contributed by atoms with Gasteiger partial charge in [0, 0.05) is 12.6 Å². The maximum atomic E-state index is 13.1. The summed E-state index contributed by atoms with van der Waals surface area (Å²) in [4.78, 5) is 35.8. The number of hydrogen-bond acceptors (Lipinski definition) is 3. The molecule has 0 bridgehead atoms. The highest BCUT2D eigenvalue weighted by Crippen LogP contribution is 2.08. The second kappa shape index (κ2) is 9.84. The van der Waals surface area contributed by atoms with Gasteiger partial charge in [-0.15, -0.1) is 0 Å². The fourth-order valence-corrected chi connectivity index (χ4v) is 2.12. The van der Waals surface area contributed by atoms with Crippen molar-refractivity contribution in [2.24, 2.45) is 5.92 Å². The Morgan fingerprint density at radius 3 is 1.96 bits per heavy atom. The number of carbonyl (C=O) groups excluding carboxylic acids is 3. The molecule has 3 amide bonds. The zero-order valence-corrected chi connectivity index (χ0v) is 15.4. The van der Waals surface area contributed by atoms with Gasteiger partial charge in [0.25, 0.3) is 0 Å². The summed E-state index contributed by atoms with van der Waals surface area (Å²) in [6, 6.07) is 1.16. The summed E-state index contributed by atoms with van der Waals surface area (Å²) in [5, 5.41) is 7.64. The van der Waals surface area contributed by atoms with E-state index in [2.05, 4.69) is 16.0 Å². The summed E-state index contributed by atoms with van der Waals surface area (Å²) >= 11 is 0. The van der Waals surface area contributed by atoms with Crippen LogP contribution in [0.5, 0.6) is 0 Å². The van der Waals surface area contributed by atoms with Crippen LogP contribution in [0, 0.1) is 17.6 Å². The standard InChI is InChI=1S/C18H25F2N3O3/c1-10(2)9-21-17(25)11(3)23-18(26)12(4)22-16(24)7-13-5-14(19)8-15(20)6-13/h5-6,8,10-12H,7,9H2,1-4H3,(H,21,25)(H,22,24)(H,23,26)/t11-,12-/m0/s1. The minimum Gasteiger partial charge on any atom is -0.354 e. The summed E-state index contributed by atoms with van der Waals surface area (Å²) in [5.41, 5.74) is 0.161. The van der Waals surface area contributed by atoms with E-state index in [1.54, 1.807) is 0 Å². The van der Waals surface area contributed by atoms with E-state index in [1.165, 1.54) is 13.8 Å². The molecule has 0 aliphatic heterocycles. The zero-order valence-electron chi connectivity index (χ0n) is 15.4. The third-order valence-electron chi connectivity index (χ3n) is 3.49. The Hall–Kier alpha value is -2.51. The van der Waals surface area contributed by atoms with Crippen LogP contribution >= 0.6 is 0 Å². The lowest BCUT2D eigenvalue weighted by atomic mass is 10.1. The van der Waals surface area contributed by atoms with Crippen molar-refractivity contribution < 1.29 is 23.2 Å². The van der Waals surface area contributed by atoms with Crippen LogP contribution in [0.3, 0.4) is 0 Å². The molecule has 8 heteroatoms. The van der Waals surface area contributed by atoms with E-state index < -0.39 is 35.5 Å². The minimum atomic E-state index is -0.902. The number of hydrogen-bond donors (Lipinski definition) is 3. The molecule has 0 unspecified atom stereocenters. The van der Waals surface area contributed by atoms with Gasteiger partial charge in [-0.05, 0) is 37.5 Å². The number of amides is 3. The van der Waals surface area contributed by atoms with E-state index in [0.29, 0.717) is 12.6 Å². The molecule has 0 radical (unpaired) electrons. The smallest absolute Gasteiger partial charge is 0.242 e. The summed E-state index contributed by atoms with van der Waals surface area (Å²) in [7, 11) is 0. The van der Waals surface area contributed by atoms with Gasteiger partial charge in [-0.3, -0.25) is 14.4 Å². The van der Waals surface area contributed by atoms with Crippen molar-refractivity contribution in [3.8, 4) is 0 Å². The molecular formula is C18H25F2N3O3. The molecule has 1 aromatic rings. The molecular weight excluding hydrogens is 344 g/mol. The van der Waals surface area contributed by atoms with Crippen molar-refractivity contribution in [1.82, 2.24) is 16.0 Å². The molecule has 0 aliphatic carbocycles. The Morgan fingerprint density at radius 1 is 0.885 bits per heavy atom. The van der Waals surface area contributed by atoms with Gasteiger partial charge in [0.1, 0.15) is 23.7 Å². The van der Waals surface area contributed by atoms with Crippen LogP contribution in [0.25, 0.3) is 0 Å². The van der Waals surface area contributed by atoms with Crippen molar-refractivity contribution in [3.05, 3.63) is 35.4 Å². The molecule has 0 fully saturated rings. The molecule has 3 N–H and O–H groups in total. The van der Waals surface area contributed by atoms with Crippen molar-refractivity contribution in [2.45, 2.75) is 46.2 Å². The largest absolute Gasteiger partial charge is 0.354 e. The van der Waals surface area contributed by atoms with Crippen molar-refractivity contribution in [3.63, 3.8) is 0 Å². The Bertz CT molecular complexity index is 645. The molecule has 0 aliphatic rings. The van der Waals surface area contributed by atoms with Gasteiger partial charge >= 0.3 is 0 Å². The lowest BCUT2D eigenvalue weighted by Crippen LogP contribution is -2.52. The van der Waals surface area contributed by atoms with Crippen molar-refractivity contribution in [2.75, 3.05) is 6.54 Å². The summed E-state index contributed by atoms with van der Waals surface area (Å²) < 4.78 is 26.3. The number of benzene rings is 1. The van der Waals surface area contributed by atoms with Gasteiger partial charge in [-0.25, -0.2) is 8.78 Å². The molecule has 1 aromatic carbocycles. The van der Waals surface area contributed by atoms with E-state index in [1.807, 2.05) is 13.8 Å². The quantitative estimate of drug-likeness (QED) is 0.645. The maximum absolute atomic E-state index is 13.1. The first-order valence-corrected chi connectivity index (χ1v) is 8.41. The molecule has 0 spiro atoms. The number of halogens is 2. The van der Waals surface area contributed by atoms with Crippen LogP contribution in [0.4, 0.5) is 8.78 Å². The van der Waals surface area contributed by atoms with Gasteiger partial charge in [0.15, 0.2) is 0 Å². The van der Waals surface area contributed by atoms with E-state index in [-0.39, 0.29) is 23.8 Å². The fourth-order valence-electron chi connectivity index (χ4n) is 2.12. The second-order valence-electron chi connectivity index (χ2n) is 6.61. The van der Waals surface area contributed by atoms with Crippen LogP contribution in [0.1, 0.15) is 33.3 Å². The average molecular weight is 369 g/mol. The van der Waals surface area contributed by atoms with E-state index >= 15 is 0 Å². The number of rotatable bonds is 8. The highest BCUT2D eigenvalue weighted by atomic mass is 19.1. The molecule has 0 heterocycles. The predicted octanol–water partition coefficient (Wildman–Crippen LogP) is 1.29. The predicted molar refractivity (Wildman–Crippen MR) is 93.1 cm³/mol. The average Bonchev–Trinajstić information content (AvgIpc) is 2.50. The minimum absolute atomic E-state index is 0.161. The van der Waals surface area contributed by atoms with Crippen LogP contribution in [0.15, 0.2) is 18.2 Å². The number of carbonyl (C=O) groups is 3. The summed E-state index contributed by atoms with van der Waals surface area (Å²) in [5.74, 6) is -2.68. The highest BCUT2D eigenvalue weighted by molar-refractivity contribution is 5.91. The molecule has 26 heavy (non-hydrogen) atoms. The van der Waals surface area contributed by atoms with Crippen LogP contribution in [0.2, 0.25) is 0 Å². The van der Waals surface area contributed by atoms with Gasteiger partial charge in [0.05, 0.1) is 6.42 Å². The van der Waals surface area contributed by atoms with Gasteiger partial charge < -0.3 is 16.0 Å². The monoisotopic (exact) mass is 369 g/mol. The topological polar surface area (TPSA) is 87.3 Å². The summed E-state index contributed by atoms with van der Waals surface area (Å²) in [6.07, 6.45) is -0.267. The van der Waals surface area contributed by atoms with E-state index in [0.717, 1.165) is 12.1 Å². The molecule has 0 aromatic heterocycles. The highest BCUT2D eigenvalue weighted by Gasteiger charge is 2.21. The lowest BCUT2D eigenvalue weighted by molar-refractivity contribution is -0.131. The summed E-state index contributed by atoms with van der Waals surface area (Å²) in [6.45, 7) is 7.39.